The molecule has 0 aromatic heterocycles. The van der Waals surface area contributed by atoms with Crippen LogP contribution in [0.1, 0.15) is 31.7 Å². The van der Waals surface area contributed by atoms with Crippen LogP contribution in [0.25, 0.3) is 0 Å². The van der Waals surface area contributed by atoms with Gasteiger partial charge in [-0.05, 0) is 36.1 Å². The van der Waals surface area contributed by atoms with Crippen LogP contribution in [0.15, 0.2) is 54.6 Å². The van der Waals surface area contributed by atoms with Crippen molar-refractivity contribution in [2.24, 2.45) is 0 Å². The Balaban J connectivity index is 1.96. The smallest absolute Gasteiger partial charge is 0.230 e. The number of benzene rings is 2. The van der Waals surface area contributed by atoms with E-state index in [0.29, 0.717) is 5.92 Å². The average Bonchev–Trinajstić information content (AvgIpc) is 2.48. The van der Waals surface area contributed by atoms with Gasteiger partial charge in [-0.25, -0.2) is 0 Å². The van der Waals surface area contributed by atoms with Crippen LogP contribution in [0.5, 0.6) is 11.5 Å². The lowest BCUT2D eigenvalue weighted by molar-refractivity contribution is 0.118. The summed E-state index contributed by atoms with van der Waals surface area (Å²) in [7, 11) is 0. The van der Waals surface area contributed by atoms with Gasteiger partial charge in [-0.2, -0.15) is 0 Å². The Labute approximate surface area is 115 Å². The lowest BCUT2D eigenvalue weighted by Crippen LogP contribution is -2.07. The monoisotopic (exact) mass is 256 g/mol. The molecule has 0 aliphatic carbocycles. The minimum absolute atomic E-state index is 0.234. The molecule has 0 spiro atoms. The van der Waals surface area contributed by atoms with Crippen molar-refractivity contribution in [3.05, 3.63) is 60.2 Å². The van der Waals surface area contributed by atoms with Gasteiger partial charge in [0.15, 0.2) is 0 Å². The van der Waals surface area contributed by atoms with Crippen LogP contribution in [0.4, 0.5) is 0 Å². The zero-order valence-corrected chi connectivity index (χ0v) is 11.5. The maximum atomic E-state index is 5.74. The summed E-state index contributed by atoms with van der Waals surface area (Å²) in [6.07, 6.45) is 1.10. The van der Waals surface area contributed by atoms with Crippen LogP contribution in [-0.4, -0.2) is 6.79 Å². The second-order valence-corrected chi connectivity index (χ2v) is 4.57. The van der Waals surface area contributed by atoms with Gasteiger partial charge in [-0.15, -0.1) is 0 Å². The molecule has 1 atom stereocenters. The van der Waals surface area contributed by atoms with Gasteiger partial charge in [-0.1, -0.05) is 50.2 Å². The predicted octanol–water partition coefficient (Wildman–Crippen LogP) is 4.62. The fraction of sp³-hybridized carbons (Fsp3) is 0.294. The van der Waals surface area contributed by atoms with E-state index in [-0.39, 0.29) is 6.79 Å². The van der Waals surface area contributed by atoms with Crippen LogP contribution in [0, 0.1) is 0 Å². The van der Waals surface area contributed by atoms with Gasteiger partial charge < -0.3 is 9.47 Å². The largest absolute Gasteiger partial charge is 0.458 e. The number of rotatable bonds is 6. The predicted molar refractivity (Wildman–Crippen MR) is 77.7 cm³/mol. The highest BCUT2D eigenvalue weighted by molar-refractivity contribution is 5.35. The Morgan fingerprint density at radius 3 is 2.32 bits per heavy atom. The first-order chi connectivity index (χ1) is 9.31. The number of hydrogen-bond acceptors (Lipinski definition) is 2. The van der Waals surface area contributed by atoms with Crippen LogP contribution >= 0.6 is 0 Å². The van der Waals surface area contributed by atoms with Crippen LogP contribution < -0.4 is 9.47 Å². The quantitative estimate of drug-likeness (QED) is 0.702. The Bertz CT molecular complexity index is 494. The molecule has 100 valence electrons. The van der Waals surface area contributed by atoms with Crippen molar-refractivity contribution in [1.82, 2.24) is 0 Å². The van der Waals surface area contributed by atoms with Gasteiger partial charge in [0.1, 0.15) is 11.5 Å². The minimum atomic E-state index is 0.234. The Hall–Kier alpha value is -1.96. The number of hydrogen-bond donors (Lipinski definition) is 0. The van der Waals surface area contributed by atoms with E-state index in [1.807, 2.05) is 48.5 Å². The summed E-state index contributed by atoms with van der Waals surface area (Å²) < 4.78 is 11.3. The van der Waals surface area contributed by atoms with E-state index >= 15 is 0 Å². The number of ether oxygens (including phenoxy) is 2. The molecule has 19 heavy (non-hydrogen) atoms. The molecule has 0 amide bonds. The van der Waals surface area contributed by atoms with Gasteiger partial charge in [0.2, 0.25) is 6.79 Å². The van der Waals surface area contributed by atoms with Crippen molar-refractivity contribution in [3.8, 4) is 11.5 Å². The molecule has 0 heterocycles. The lowest BCUT2D eigenvalue weighted by atomic mass is 9.98. The summed E-state index contributed by atoms with van der Waals surface area (Å²) >= 11 is 0. The summed E-state index contributed by atoms with van der Waals surface area (Å²) in [4.78, 5) is 0. The Morgan fingerprint density at radius 2 is 1.58 bits per heavy atom. The van der Waals surface area contributed by atoms with Crippen LogP contribution in [0.2, 0.25) is 0 Å². The molecule has 0 aliphatic rings. The van der Waals surface area contributed by atoms with E-state index in [2.05, 4.69) is 19.9 Å². The highest BCUT2D eigenvalue weighted by Crippen LogP contribution is 2.28. The first kappa shape index (κ1) is 13.5. The minimum Gasteiger partial charge on any atom is -0.458 e. The standard InChI is InChI=1S/C17H20O2/c1-3-14(2)16-11-7-8-12-17(16)19-13-18-15-9-5-4-6-10-15/h4-12,14H,3,13H2,1-2H3. The highest BCUT2D eigenvalue weighted by Gasteiger charge is 2.09. The van der Waals surface area contributed by atoms with Gasteiger partial charge in [0.05, 0.1) is 0 Å². The van der Waals surface area contributed by atoms with Gasteiger partial charge in [-0.3, -0.25) is 0 Å². The molecule has 0 aliphatic heterocycles. The maximum Gasteiger partial charge on any atom is 0.230 e. The maximum absolute atomic E-state index is 5.74. The molecular weight excluding hydrogens is 236 g/mol. The van der Waals surface area contributed by atoms with Gasteiger partial charge in [0.25, 0.3) is 0 Å². The molecular formula is C17H20O2. The van der Waals surface area contributed by atoms with E-state index in [0.717, 1.165) is 17.9 Å². The molecule has 2 nitrogen and oxygen atoms in total. The van der Waals surface area contributed by atoms with Crippen LogP contribution in [-0.2, 0) is 0 Å². The summed E-state index contributed by atoms with van der Waals surface area (Å²) in [6, 6.07) is 17.8. The van der Waals surface area contributed by atoms with E-state index in [4.69, 9.17) is 9.47 Å². The topological polar surface area (TPSA) is 18.5 Å². The highest BCUT2D eigenvalue weighted by atomic mass is 16.7. The van der Waals surface area contributed by atoms with Gasteiger partial charge >= 0.3 is 0 Å². The molecule has 0 N–H and O–H groups in total. The molecule has 1 unspecified atom stereocenters. The Morgan fingerprint density at radius 1 is 0.895 bits per heavy atom. The summed E-state index contributed by atoms with van der Waals surface area (Å²) in [5.74, 6) is 2.23. The van der Waals surface area contributed by atoms with Gasteiger partial charge in [0, 0.05) is 0 Å². The van der Waals surface area contributed by atoms with E-state index in [9.17, 15) is 0 Å². The molecule has 0 fully saturated rings. The van der Waals surface area contributed by atoms with Crippen molar-refractivity contribution in [2.75, 3.05) is 6.79 Å². The van der Waals surface area contributed by atoms with Crippen molar-refractivity contribution in [2.45, 2.75) is 26.2 Å². The molecule has 2 aromatic carbocycles. The molecule has 2 aromatic rings. The van der Waals surface area contributed by atoms with Crippen molar-refractivity contribution >= 4 is 0 Å². The van der Waals surface area contributed by atoms with E-state index in [1.54, 1.807) is 0 Å². The zero-order valence-electron chi connectivity index (χ0n) is 11.5. The second kappa shape index (κ2) is 6.83. The third kappa shape index (κ3) is 3.75. The third-order valence-corrected chi connectivity index (χ3v) is 3.25. The zero-order chi connectivity index (χ0) is 13.5. The summed E-state index contributed by atoms with van der Waals surface area (Å²) in [5, 5.41) is 0. The molecule has 0 bridgehead atoms. The van der Waals surface area contributed by atoms with Crippen molar-refractivity contribution in [3.63, 3.8) is 0 Å². The fourth-order valence-corrected chi connectivity index (χ4v) is 1.92. The summed E-state index contributed by atoms with van der Waals surface area (Å²) in [6.45, 7) is 4.62. The molecule has 0 saturated heterocycles. The molecule has 2 heteroatoms. The third-order valence-electron chi connectivity index (χ3n) is 3.25. The summed E-state index contributed by atoms with van der Waals surface area (Å²) in [5.41, 5.74) is 1.24. The normalized spacial score (nSPS) is 11.9. The molecule has 0 radical (unpaired) electrons. The fourth-order valence-electron chi connectivity index (χ4n) is 1.92. The van der Waals surface area contributed by atoms with Crippen molar-refractivity contribution in [1.29, 1.82) is 0 Å². The molecule has 2 rings (SSSR count). The second-order valence-electron chi connectivity index (χ2n) is 4.57. The number of para-hydroxylation sites is 2. The first-order valence-electron chi connectivity index (χ1n) is 6.71. The molecule has 0 saturated carbocycles. The first-order valence-corrected chi connectivity index (χ1v) is 6.71. The lowest BCUT2D eigenvalue weighted by Gasteiger charge is -2.15. The Kier molecular flexibility index (Phi) is 4.85. The van der Waals surface area contributed by atoms with E-state index < -0.39 is 0 Å². The van der Waals surface area contributed by atoms with Crippen LogP contribution in [0.3, 0.4) is 0 Å². The van der Waals surface area contributed by atoms with E-state index in [1.165, 1.54) is 5.56 Å². The SMILES string of the molecule is CCC(C)c1ccccc1OCOc1ccccc1. The van der Waals surface area contributed by atoms with Crippen molar-refractivity contribution < 1.29 is 9.47 Å². The average molecular weight is 256 g/mol.